The molecule has 0 amide bonds. The van der Waals surface area contributed by atoms with Crippen LogP contribution in [0, 0.1) is 5.41 Å². The number of piperazine rings is 1. The van der Waals surface area contributed by atoms with E-state index in [-0.39, 0.29) is 0 Å². The number of anilines is 1. The van der Waals surface area contributed by atoms with Gasteiger partial charge in [-0.05, 0) is 18.9 Å². The molecule has 1 saturated heterocycles. The summed E-state index contributed by atoms with van der Waals surface area (Å²) < 4.78 is 0. The number of nitrogens with zero attached hydrogens (tertiary/aromatic N) is 4. The van der Waals surface area contributed by atoms with Crippen LogP contribution in [0.15, 0.2) is 18.5 Å². The van der Waals surface area contributed by atoms with E-state index in [0.717, 1.165) is 32.1 Å². The number of hydrogen-bond acceptors (Lipinski definition) is 5. The van der Waals surface area contributed by atoms with Crippen LogP contribution in [0.2, 0.25) is 0 Å². The Morgan fingerprint density at radius 1 is 1.19 bits per heavy atom. The highest BCUT2D eigenvalue weighted by molar-refractivity contribution is 5.74. The van der Waals surface area contributed by atoms with E-state index in [1.165, 1.54) is 0 Å². The standard InChI is InChI=1S/C15H24N4O2/c1-3-15(4-2,13(20)21)12-18-8-10-19(11-9-18)14-16-6-5-7-17-14/h5-7H,3-4,8-12H2,1-2H3,(H,20,21). The molecule has 0 saturated carbocycles. The summed E-state index contributed by atoms with van der Waals surface area (Å²) in [5.74, 6) is 0.0777. The van der Waals surface area contributed by atoms with Crippen molar-refractivity contribution in [1.82, 2.24) is 14.9 Å². The lowest BCUT2D eigenvalue weighted by Crippen LogP contribution is -2.51. The van der Waals surface area contributed by atoms with Gasteiger partial charge in [-0.2, -0.15) is 0 Å². The molecule has 0 aromatic carbocycles. The van der Waals surface area contributed by atoms with Crippen LogP contribution in [-0.4, -0.2) is 58.7 Å². The monoisotopic (exact) mass is 292 g/mol. The van der Waals surface area contributed by atoms with Crippen LogP contribution in [-0.2, 0) is 4.79 Å². The Hall–Kier alpha value is -1.69. The summed E-state index contributed by atoms with van der Waals surface area (Å²) in [7, 11) is 0. The van der Waals surface area contributed by atoms with E-state index in [1.54, 1.807) is 12.4 Å². The molecule has 6 nitrogen and oxygen atoms in total. The quantitative estimate of drug-likeness (QED) is 0.856. The highest BCUT2D eigenvalue weighted by Gasteiger charge is 2.37. The Morgan fingerprint density at radius 2 is 1.76 bits per heavy atom. The van der Waals surface area contributed by atoms with Crippen molar-refractivity contribution in [3.05, 3.63) is 18.5 Å². The molecule has 2 heterocycles. The lowest BCUT2D eigenvalue weighted by atomic mass is 9.81. The second kappa shape index (κ2) is 6.85. The van der Waals surface area contributed by atoms with Gasteiger partial charge in [0.1, 0.15) is 0 Å². The molecule has 1 N–H and O–H groups in total. The molecule has 1 aromatic heterocycles. The number of rotatable bonds is 6. The zero-order valence-electron chi connectivity index (χ0n) is 12.8. The van der Waals surface area contributed by atoms with Gasteiger partial charge < -0.3 is 10.0 Å². The second-order valence-corrected chi connectivity index (χ2v) is 5.60. The van der Waals surface area contributed by atoms with Crippen LogP contribution in [0.4, 0.5) is 5.95 Å². The maximum atomic E-state index is 11.6. The van der Waals surface area contributed by atoms with Crippen LogP contribution < -0.4 is 4.90 Å². The zero-order chi connectivity index (χ0) is 15.3. The van der Waals surface area contributed by atoms with Crippen molar-refractivity contribution in [3.63, 3.8) is 0 Å². The third-order valence-electron chi connectivity index (χ3n) is 4.54. The summed E-state index contributed by atoms with van der Waals surface area (Å²) in [4.78, 5) is 24.5. The molecule has 1 aliphatic heterocycles. The molecular weight excluding hydrogens is 268 g/mol. The summed E-state index contributed by atoms with van der Waals surface area (Å²) in [6.45, 7) is 7.94. The summed E-state index contributed by atoms with van der Waals surface area (Å²) >= 11 is 0. The molecule has 6 heteroatoms. The first-order chi connectivity index (χ1) is 10.1. The first kappa shape index (κ1) is 15.7. The van der Waals surface area contributed by atoms with Crippen molar-refractivity contribution in [3.8, 4) is 0 Å². The van der Waals surface area contributed by atoms with Gasteiger partial charge in [-0.1, -0.05) is 13.8 Å². The summed E-state index contributed by atoms with van der Waals surface area (Å²) in [5.41, 5.74) is -0.620. The third kappa shape index (κ3) is 3.50. The number of aromatic nitrogens is 2. The first-order valence-electron chi connectivity index (χ1n) is 7.59. The van der Waals surface area contributed by atoms with Crippen LogP contribution in [0.5, 0.6) is 0 Å². The summed E-state index contributed by atoms with van der Waals surface area (Å²) in [5, 5.41) is 9.53. The normalized spacial score (nSPS) is 17.0. The van der Waals surface area contributed by atoms with E-state index in [1.807, 2.05) is 19.9 Å². The van der Waals surface area contributed by atoms with Crippen LogP contribution in [0.3, 0.4) is 0 Å². The molecular formula is C15H24N4O2. The molecule has 0 bridgehead atoms. The van der Waals surface area contributed by atoms with E-state index >= 15 is 0 Å². The average molecular weight is 292 g/mol. The molecule has 0 radical (unpaired) electrons. The highest BCUT2D eigenvalue weighted by Crippen LogP contribution is 2.28. The molecule has 1 fully saturated rings. The van der Waals surface area contributed by atoms with E-state index in [2.05, 4.69) is 19.8 Å². The maximum Gasteiger partial charge on any atom is 0.310 e. The zero-order valence-corrected chi connectivity index (χ0v) is 12.8. The van der Waals surface area contributed by atoms with Crippen molar-refractivity contribution in [2.45, 2.75) is 26.7 Å². The fraction of sp³-hybridized carbons (Fsp3) is 0.667. The highest BCUT2D eigenvalue weighted by atomic mass is 16.4. The minimum absolute atomic E-state index is 0.620. The number of aliphatic carboxylic acids is 1. The maximum absolute atomic E-state index is 11.6. The smallest absolute Gasteiger partial charge is 0.310 e. The van der Waals surface area contributed by atoms with Gasteiger partial charge in [-0.3, -0.25) is 9.69 Å². The fourth-order valence-electron chi connectivity index (χ4n) is 2.83. The number of hydrogen-bond donors (Lipinski definition) is 1. The first-order valence-corrected chi connectivity index (χ1v) is 7.59. The second-order valence-electron chi connectivity index (χ2n) is 5.60. The fourth-order valence-corrected chi connectivity index (χ4v) is 2.83. The van der Waals surface area contributed by atoms with Gasteiger partial charge in [0.2, 0.25) is 5.95 Å². The van der Waals surface area contributed by atoms with Crippen molar-refractivity contribution in [2.24, 2.45) is 5.41 Å². The minimum atomic E-state index is -0.679. The van der Waals surface area contributed by atoms with Gasteiger partial charge in [-0.15, -0.1) is 0 Å². The molecule has 116 valence electrons. The topological polar surface area (TPSA) is 69.6 Å². The predicted octanol–water partition coefficient (Wildman–Crippen LogP) is 1.49. The number of carbonyl (C=O) groups is 1. The third-order valence-corrected chi connectivity index (χ3v) is 4.54. The minimum Gasteiger partial charge on any atom is -0.481 e. The van der Waals surface area contributed by atoms with Crippen molar-refractivity contribution < 1.29 is 9.90 Å². The molecule has 1 aromatic rings. The van der Waals surface area contributed by atoms with Crippen molar-refractivity contribution in [1.29, 1.82) is 0 Å². The lowest BCUT2D eigenvalue weighted by Gasteiger charge is -2.39. The SMILES string of the molecule is CCC(CC)(CN1CCN(c2ncccn2)CC1)C(=O)O. The van der Waals surface area contributed by atoms with Crippen LogP contribution >= 0.6 is 0 Å². The van der Waals surface area contributed by atoms with Gasteiger partial charge in [0.15, 0.2) is 0 Å². The van der Waals surface area contributed by atoms with Crippen LogP contribution in [0.25, 0.3) is 0 Å². The Kier molecular flexibility index (Phi) is 5.12. The molecule has 0 unspecified atom stereocenters. The Morgan fingerprint density at radius 3 is 2.24 bits per heavy atom. The van der Waals surface area contributed by atoms with E-state index in [0.29, 0.717) is 19.4 Å². The number of carboxylic acid groups (broad SMARTS) is 1. The van der Waals surface area contributed by atoms with Gasteiger partial charge in [0.25, 0.3) is 0 Å². The van der Waals surface area contributed by atoms with Crippen LogP contribution in [0.1, 0.15) is 26.7 Å². The van der Waals surface area contributed by atoms with Gasteiger partial charge in [-0.25, -0.2) is 9.97 Å². The molecule has 0 atom stereocenters. The lowest BCUT2D eigenvalue weighted by molar-refractivity contribution is -0.150. The van der Waals surface area contributed by atoms with E-state index in [4.69, 9.17) is 0 Å². The average Bonchev–Trinajstić information content (AvgIpc) is 2.54. The van der Waals surface area contributed by atoms with Crippen molar-refractivity contribution >= 4 is 11.9 Å². The predicted molar refractivity (Wildman–Crippen MR) is 81.3 cm³/mol. The number of carboxylic acids is 1. The van der Waals surface area contributed by atoms with Gasteiger partial charge >= 0.3 is 5.97 Å². The molecule has 0 spiro atoms. The summed E-state index contributed by atoms with van der Waals surface area (Å²) in [6.07, 6.45) is 4.83. The van der Waals surface area contributed by atoms with E-state index < -0.39 is 11.4 Å². The summed E-state index contributed by atoms with van der Waals surface area (Å²) in [6, 6.07) is 1.81. The van der Waals surface area contributed by atoms with Crippen molar-refractivity contribution in [2.75, 3.05) is 37.6 Å². The Balaban J connectivity index is 1.93. The molecule has 2 rings (SSSR count). The Bertz CT molecular complexity index is 454. The largest absolute Gasteiger partial charge is 0.481 e. The van der Waals surface area contributed by atoms with Gasteiger partial charge in [0.05, 0.1) is 5.41 Å². The van der Waals surface area contributed by atoms with Gasteiger partial charge in [0, 0.05) is 45.1 Å². The molecule has 0 aliphatic carbocycles. The Labute approximate surface area is 125 Å². The molecule has 1 aliphatic rings. The van der Waals surface area contributed by atoms with E-state index in [9.17, 15) is 9.90 Å². The molecule has 21 heavy (non-hydrogen) atoms.